The number of ether oxygens (including phenoxy) is 1. The summed E-state index contributed by atoms with van der Waals surface area (Å²) in [6.45, 7) is 2.57. The molecule has 1 saturated carbocycles. The van der Waals surface area contributed by atoms with E-state index in [1.165, 1.54) is 32.1 Å². The molecule has 0 bridgehead atoms. The van der Waals surface area contributed by atoms with Gasteiger partial charge in [0.15, 0.2) is 6.61 Å². The van der Waals surface area contributed by atoms with Crippen LogP contribution in [0.4, 0.5) is 0 Å². The van der Waals surface area contributed by atoms with Crippen molar-refractivity contribution in [2.75, 3.05) is 13.2 Å². The van der Waals surface area contributed by atoms with E-state index in [0.717, 1.165) is 42.5 Å². The van der Waals surface area contributed by atoms with Crippen LogP contribution in [0.15, 0.2) is 28.7 Å². The van der Waals surface area contributed by atoms with Crippen LogP contribution in [0, 0.1) is 0 Å². The zero-order valence-electron chi connectivity index (χ0n) is 17.7. The SMILES string of the molecule is C[C@H]1CCCCN1C(=O)COC(=O)c1oc2ccccc2c1CSC1CCCCC1. The summed E-state index contributed by atoms with van der Waals surface area (Å²) in [6.07, 6.45) is 9.54. The molecule has 1 aliphatic heterocycles. The first-order valence-corrected chi connectivity index (χ1v) is 12.3. The Labute approximate surface area is 182 Å². The van der Waals surface area contributed by atoms with Crippen molar-refractivity contribution in [3.63, 3.8) is 0 Å². The van der Waals surface area contributed by atoms with Gasteiger partial charge in [-0.3, -0.25) is 4.79 Å². The van der Waals surface area contributed by atoms with Crippen molar-refractivity contribution in [1.29, 1.82) is 0 Å². The number of hydrogen-bond acceptors (Lipinski definition) is 5. The maximum absolute atomic E-state index is 12.9. The van der Waals surface area contributed by atoms with Crippen molar-refractivity contribution < 1.29 is 18.7 Å². The number of likely N-dealkylation sites (tertiary alicyclic amines) is 1. The summed E-state index contributed by atoms with van der Waals surface area (Å²) in [5, 5.41) is 1.60. The van der Waals surface area contributed by atoms with Crippen LogP contribution >= 0.6 is 11.8 Å². The topological polar surface area (TPSA) is 59.8 Å². The monoisotopic (exact) mass is 429 g/mol. The molecule has 2 heterocycles. The molecule has 1 aromatic heterocycles. The third-order valence-corrected chi connectivity index (χ3v) is 7.75. The number of benzene rings is 1. The average Bonchev–Trinajstić information content (AvgIpc) is 3.15. The maximum Gasteiger partial charge on any atom is 0.375 e. The third-order valence-electron chi connectivity index (χ3n) is 6.35. The highest BCUT2D eigenvalue weighted by Gasteiger charge is 2.27. The molecule has 2 fully saturated rings. The van der Waals surface area contributed by atoms with Gasteiger partial charge in [0, 0.05) is 34.5 Å². The first kappa shape index (κ1) is 21.3. The number of fused-ring (bicyclic) bond motifs is 1. The summed E-state index contributed by atoms with van der Waals surface area (Å²) in [4.78, 5) is 27.2. The molecule has 30 heavy (non-hydrogen) atoms. The quantitative estimate of drug-likeness (QED) is 0.563. The van der Waals surface area contributed by atoms with Crippen LogP contribution < -0.4 is 0 Å². The molecule has 0 spiro atoms. The van der Waals surface area contributed by atoms with Crippen molar-refractivity contribution in [3.8, 4) is 0 Å². The number of amides is 1. The number of furan rings is 1. The zero-order chi connectivity index (χ0) is 20.9. The number of piperidine rings is 1. The highest BCUT2D eigenvalue weighted by Crippen LogP contribution is 2.35. The minimum atomic E-state index is -0.538. The number of nitrogens with zero attached hydrogens (tertiary/aromatic N) is 1. The van der Waals surface area contributed by atoms with Crippen LogP contribution in [0.25, 0.3) is 11.0 Å². The molecule has 1 aliphatic carbocycles. The van der Waals surface area contributed by atoms with E-state index in [0.29, 0.717) is 10.8 Å². The fraction of sp³-hybridized carbons (Fsp3) is 0.583. The van der Waals surface area contributed by atoms with Crippen LogP contribution in [0.5, 0.6) is 0 Å². The molecule has 1 atom stereocenters. The molecule has 0 radical (unpaired) electrons. The minimum absolute atomic E-state index is 0.121. The molecule has 1 aromatic carbocycles. The van der Waals surface area contributed by atoms with Crippen molar-refractivity contribution in [2.45, 2.75) is 75.3 Å². The van der Waals surface area contributed by atoms with E-state index < -0.39 is 5.97 Å². The second-order valence-electron chi connectivity index (χ2n) is 8.48. The van der Waals surface area contributed by atoms with E-state index in [4.69, 9.17) is 9.15 Å². The first-order chi connectivity index (χ1) is 14.6. The number of para-hydroxylation sites is 1. The Morgan fingerprint density at radius 2 is 1.87 bits per heavy atom. The Morgan fingerprint density at radius 3 is 2.67 bits per heavy atom. The Hall–Kier alpha value is -1.95. The molecular weight excluding hydrogens is 398 g/mol. The molecule has 162 valence electrons. The second kappa shape index (κ2) is 9.90. The van der Waals surface area contributed by atoms with E-state index in [1.54, 1.807) is 0 Å². The molecule has 6 heteroatoms. The van der Waals surface area contributed by atoms with Crippen LogP contribution in [0.2, 0.25) is 0 Å². The van der Waals surface area contributed by atoms with Gasteiger partial charge < -0.3 is 14.1 Å². The third kappa shape index (κ3) is 4.85. The molecule has 2 aliphatic rings. The Kier molecular flexibility index (Phi) is 7.03. The molecule has 0 N–H and O–H groups in total. The zero-order valence-corrected chi connectivity index (χ0v) is 18.5. The lowest BCUT2D eigenvalue weighted by Gasteiger charge is -2.33. The number of carbonyl (C=O) groups is 2. The molecule has 0 unspecified atom stereocenters. The first-order valence-electron chi connectivity index (χ1n) is 11.2. The predicted octanol–water partition coefficient (Wildman–Crippen LogP) is 5.56. The smallest absolute Gasteiger partial charge is 0.375 e. The Morgan fingerprint density at radius 1 is 1.10 bits per heavy atom. The van der Waals surface area contributed by atoms with Gasteiger partial charge in [-0.1, -0.05) is 37.5 Å². The standard InChI is InChI=1S/C24H31NO4S/c1-17-9-7-8-14-25(17)22(26)15-28-24(27)23-20(16-30-18-10-3-2-4-11-18)19-12-5-6-13-21(19)29-23/h5-6,12-13,17-18H,2-4,7-11,14-16H2,1H3/t17-/m0/s1. The van der Waals surface area contributed by atoms with Crippen LogP contribution in [0.1, 0.15) is 74.4 Å². The summed E-state index contributed by atoms with van der Waals surface area (Å²) in [5.74, 6) is 0.315. The van der Waals surface area contributed by atoms with E-state index in [2.05, 4.69) is 6.92 Å². The fourth-order valence-electron chi connectivity index (χ4n) is 4.58. The fourth-order valence-corrected chi connectivity index (χ4v) is 5.94. The normalized spacial score (nSPS) is 20.4. The van der Waals surface area contributed by atoms with Crippen LogP contribution in [-0.4, -0.2) is 41.2 Å². The summed E-state index contributed by atoms with van der Waals surface area (Å²) in [6, 6.07) is 7.94. The predicted molar refractivity (Wildman–Crippen MR) is 120 cm³/mol. The summed E-state index contributed by atoms with van der Waals surface area (Å²) < 4.78 is 11.3. The lowest BCUT2D eigenvalue weighted by molar-refractivity contribution is -0.137. The second-order valence-corrected chi connectivity index (χ2v) is 9.77. The highest BCUT2D eigenvalue weighted by molar-refractivity contribution is 7.99. The summed E-state index contributed by atoms with van der Waals surface area (Å²) in [5.41, 5.74) is 1.59. The molecule has 2 aromatic rings. The Bertz CT molecular complexity index is 886. The lowest BCUT2D eigenvalue weighted by atomic mass is 10.0. The number of esters is 1. The molecular formula is C24H31NO4S. The van der Waals surface area contributed by atoms with Gasteiger partial charge in [-0.05, 0) is 45.1 Å². The summed E-state index contributed by atoms with van der Waals surface area (Å²) >= 11 is 1.91. The number of thioether (sulfide) groups is 1. The highest BCUT2D eigenvalue weighted by atomic mass is 32.2. The van der Waals surface area contributed by atoms with E-state index in [1.807, 2.05) is 40.9 Å². The van der Waals surface area contributed by atoms with E-state index in [-0.39, 0.29) is 24.3 Å². The number of carbonyl (C=O) groups excluding carboxylic acids is 2. The van der Waals surface area contributed by atoms with Gasteiger partial charge in [-0.15, -0.1) is 0 Å². The number of hydrogen-bond donors (Lipinski definition) is 0. The largest absolute Gasteiger partial charge is 0.450 e. The van der Waals surface area contributed by atoms with Gasteiger partial charge >= 0.3 is 5.97 Å². The van der Waals surface area contributed by atoms with Crippen LogP contribution in [-0.2, 0) is 15.3 Å². The van der Waals surface area contributed by atoms with Crippen molar-refractivity contribution in [1.82, 2.24) is 4.90 Å². The van der Waals surface area contributed by atoms with Crippen LogP contribution in [0.3, 0.4) is 0 Å². The van der Waals surface area contributed by atoms with Gasteiger partial charge in [0.25, 0.3) is 5.91 Å². The van der Waals surface area contributed by atoms with Crippen molar-refractivity contribution >= 4 is 34.6 Å². The van der Waals surface area contributed by atoms with Gasteiger partial charge in [0.1, 0.15) is 5.58 Å². The van der Waals surface area contributed by atoms with E-state index in [9.17, 15) is 9.59 Å². The molecule has 1 saturated heterocycles. The van der Waals surface area contributed by atoms with Gasteiger partial charge in [0.05, 0.1) is 0 Å². The lowest BCUT2D eigenvalue weighted by Crippen LogP contribution is -2.44. The van der Waals surface area contributed by atoms with Gasteiger partial charge in [-0.2, -0.15) is 11.8 Å². The molecule has 1 amide bonds. The Balaban J connectivity index is 1.45. The molecule has 5 nitrogen and oxygen atoms in total. The minimum Gasteiger partial charge on any atom is -0.450 e. The van der Waals surface area contributed by atoms with Crippen molar-refractivity contribution in [2.24, 2.45) is 0 Å². The van der Waals surface area contributed by atoms with Crippen molar-refractivity contribution in [3.05, 3.63) is 35.6 Å². The average molecular weight is 430 g/mol. The van der Waals surface area contributed by atoms with E-state index >= 15 is 0 Å². The maximum atomic E-state index is 12.9. The summed E-state index contributed by atoms with van der Waals surface area (Å²) in [7, 11) is 0. The van der Waals surface area contributed by atoms with Gasteiger partial charge in [0.2, 0.25) is 5.76 Å². The molecule has 4 rings (SSSR count). The van der Waals surface area contributed by atoms with Gasteiger partial charge in [-0.25, -0.2) is 4.79 Å². The number of rotatable bonds is 6.